The summed E-state index contributed by atoms with van der Waals surface area (Å²) in [5.41, 5.74) is 3.59. The molecule has 30 heavy (non-hydrogen) atoms. The number of nitrogens with one attached hydrogen (secondary N) is 3. The number of amides is 1. The van der Waals surface area contributed by atoms with Gasteiger partial charge in [-0.3, -0.25) is 4.79 Å². The maximum Gasteiger partial charge on any atom is 0.241 e. The average Bonchev–Trinajstić information content (AvgIpc) is 3.42. The van der Waals surface area contributed by atoms with Gasteiger partial charge in [-0.1, -0.05) is 17.4 Å². The quantitative estimate of drug-likeness (QED) is 0.640. The molecule has 3 aliphatic heterocycles. The Kier molecular flexibility index (Phi) is 6.93. The van der Waals surface area contributed by atoms with Crippen molar-refractivity contribution in [1.29, 1.82) is 0 Å². The van der Waals surface area contributed by atoms with Crippen LogP contribution in [0.2, 0.25) is 0 Å². The molecule has 0 saturated carbocycles. The summed E-state index contributed by atoms with van der Waals surface area (Å²) in [4.78, 5) is 19.2. The van der Waals surface area contributed by atoms with E-state index in [-0.39, 0.29) is 0 Å². The lowest BCUT2D eigenvalue weighted by molar-refractivity contribution is -0.105. The second-order valence-electron chi connectivity index (χ2n) is 7.87. The van der Waals surface area contributed by atoms with Crippen LogP contribution in [0, 0.1) is 5.41 Å². The predicted octanol–water partition coefficient (Wildman–Crippen LogP) is 2.42. The van der Waals surface area contributed by atoms with Crippen molar-refractivity contribution in [1.82, 2.24) is 20.6 Å². The zero-order valence-electron chi connectivity index (χ0n) is 17.3. The van der Waals surface area contributed by atoms with Crippen molar-refractivity contribution in [2.75, 3.05) is 51.8 Å². The normalized spacial score (nSPS) is 20.4. The molecule has 0 unspecified atom stereocenters. The Hall–Kier alpha value is -2.07. The van der Waals surface area contributed by atoms with E-state index in [1.165, 1.54) is 62.4 Å². The number of carbonyl (C=O) groups excluding carboxylic acids is 1. The van der Waals surface area contributed by atoms with Crippen LogP contribution in [-0.2, 0) is 9.53 Å². The van der Waals surface area contributed by atoms with E-state index in [0.29, 0.717) is 41.6 Å². The number of fused-ring (bicyclic) bond motifs is 1. The van der Waals surface area contributed by atoms with Crippen molar-refractivity contribution >= 4 is 38.7 Å². The van der Waals surface area contributed by atoms with E-state index in [1.54, 1.807) is 13.3 Å². The molecular weight excluding hydrogens is 402 g/mol. The fourth-order valence-corrected chi connectivity index (χ4v) is 5.29. The van der Waals surface area contributed by atoms with Crippen LogP contribution in [0.1, 0.15) is 31.2 Å². The van der Waals surface area contributed by atoms with Crippen LogP contribution in [0.4, 0.5) is 5.13 Å². The van der Waals surface area contributed by atoms with Gasteiger partial charge in [0.25, 0.3) is 0 Å². The number of rotatable bonds is 4. The summed E-state index contributed by atoms with van der Waals surface area (Å²) >= 11 is 1.42. The number of ether oxygens (including phenoxy) is 2. The molecule has 2 aromatic heterocycles. The highest BCUT2D eigenvalue weighted by molar-refractivity contribution is 7.22. The fraction of sp³-hybridized carbons (Fsp3) is 0.571. The van der Waals surface area contributed by atoms with Gasteiger partial charge in [0.05, 0.1) is 25.0 Å². The van der Waals surface area contributed by atoms with E-state index in [4.69, 9.17) is 9.47 Å². The zero-order chi connectivity index (χ0) is 20.8. The molecular formula is C21H29N5O3S. The molecule has 0 aliphatic carbocycles. The molecule has 1 spiro atoms. The molecule has 0 radical (unpaired) electrons. The second kappa shape index (κ2) is 9.82. The summed E-state index contributed by atoms with van der Waals surface area (Å²) in [6.07, 6.45) is 9.50. The molecule has 5 rings (SSSR count). The minimum Gasteiger partial charge on any atom is -0.479 e. The summed E-state index contributed by atoms with van der Waals surface area (Å²) < 4.78 is 11.5. The summed E-state index contributed by atoms with van der Waals surface area (Å²) in [6, 6.07) is 0. The number of aromatic nitrogens is 2. The first kappa shape index (κ1) is 21.2. The Balaban J connectivity index is 0.000000181. The van der Waals surface area contributed by atoms with Gasteiger partial charge < -0.3 is 25.4 Å². The van der Waals surface area contributed by atoms with E-state index in [0.717, 1.165) is 16.7 Å². The highest BCUT2D eigenvalue weighted by Crippen LogP contribution is 2.37. The second-order valence-corrected chi connectivity index (χ2v) is 8.87. The number of hydrogen-bond donors (Lipinski definition) is 3. The minimum absolute atomic E-state index is 0.464. The van der Waals surface area contributed by atoms with Gasteiger partial charge >= 0.3 is 0 Å². The largest absolute Gasteiger partial charge is 0.479 e. The van der Waals surface area contributed by atoms with Crippen LogP contribution in [0.25, 0.3) is 15.8 Å². The van der Waals surface area contributed by atoms with E-state index >= 15 is 0 Å². The minimum atomic E-state index is 0.464. The molecule has 0 atom stereocenters. The Morgan fingerprint density at radius 2 is 2.07 bits per heavy atom. The monoisotopic (exact) mass is 431 g/mol. The molecule has 3 aliphatic rings. The van der Waals surface area contributed by atoms with Gasteiger partial charge in [-0.15, -0.1) is 0 Å². The molecule has 162 valence electrons. The molecule has 2 saturated heterocycles. The number of nitrogens with zero attached hydrogens (tertiary/aromatic N) is 2. The molecule has 2 fully saturated rings. The van der Waals surface area contributed by atoms with Crippen LogP contribution in [-0.4, -0.2) is 62.9 Å². The van der Waals surface area contributed by atoms with Gasteiger partial charge in [0.1, 0.15) is 5.52 Å². The van der Waals surface area contributed by atoms with Crippen LogP contribution in [0.3, 0.4) is 0 Å². The first-order valence-corrected chi connectivity index (χ1v) is 11.3. The first-order valence-electron chi connectivity index (χ1n) is 10.5. The van der Waals surface area contributed by atoms with Gasteiger partial charge in [-0.25, -0.2) is 9.97 Å². The number of anilines is 1. The third-order valence-corrected chi connectivity index (χ3v) is 7.09. The molecule has 9 heteroatoms. The number of thiazole rings is 1. The Morgan fingerprint density at radius 1 is 1.27 bits per heavy atom. The fourth-order valence-electron chi connectivity index (χ4n) is 4.33. The van der Waals surface area contributed by atoms with Crippen LogP contribution in [0.15, 0.2) is 12.3 Å². The zero-order valence-corrected chi connectivity index (χ0v) is 18.1. The van der Waals surface area contributed by atoms with Gasteiger partial charge in [-0.2, -0.15) is 0 Å². The third-order valence-electron chi connectivity index (χ3n) is 6.07. The Morgan fingerprint density at radius 3 is 2.73 bits per heavy atom. The van der Waals surface area contributed by atoms with Gasteiger partial charge in [0, 0.05) is 18.3 Å². The lowest BCUT2D eigenvalue weighted by Crippen LogP contribution is -2.37. The van der Waals surface area contributed by atoms with Crippen molar-refractivity contribution in [3.05, 3.63) is 17.8 Å². The highest BCUT2D eigenvalue weighted by Gasteiger charge is 2.34. The maximum absolute atomic E-state index is 10.6. The standard InChI is InChI=1S/C13H13N3O3S.C8H16N2/c1-18-12-10-11(20-13(16-10)15-7-17)9(6-14-12)8-2-4-19-5-3-8;1-4-9-5-2-8(1)3-6-10-7-8/h2,6-7H,3-5H2,1H3,(H,15,16,17);9-10H,1-7H2. The molecule has 2 aromatic rings. The maximum atomic E-state index is 10.6. The molecule has 3 N–H and O–H groups in total. The lowest BCUT2D eigenvalue weighted by atomic mass is 9.78. The molecule has 0 bridgehead atoms. The summed E-state index contributed by atoms with van der Waals surface area (Å²) in [5, 5.41) is 9.98. The van der Waals surface area contributed by atoms with Gasteiger partial charge in [0.15, 0.2) is 5.13 Å². The van der Waals surface area contributed by atoms with Crippen LogP contribution >= 0.6 is 11.3 Å². The van der Waals surface area contributed by atoms with Gasteiger partial charge in [0.2, 0.25) is 12.3 Å². The van der Waals surface area contributed by atoms with Crippen molar-refractivity contribution in [3.63, 3.8) is 0 Å². The number of hydrogen-bond acceptors (Lipinski definition) is 8. The van der Waals surface area contributed by atoms with E-state index < -0.39 is 0 Å². The SMILES string of the molecule is C1CC2(CCN1)CCNC2.COc1ncc(C2=CCOCC2)c2sc(NC=O)nc12. The summed E-state index contributed by atoms with van der Waals surface area (Å²) in [6.45, 7) is 6.32. The first-order chi connectivity index (χ1) is 14.7. The van der Waals surface area contributed by atoms with Crippen molar-refractivity contribution < 1.29 is 14.3 Å². The Bertz CT molecular complexity index is 899. The number of piperidine rings is 1. The average molecular weight is 432 g/mol. The van der Waals surface area contributed by atoms with Gasteiger partial charge in [-0.05, 0) is 56.3 Å². The third kappa shape index (κ3) is 4.64. The highest BCUT2D eigenvalue weighted by atomic mass is 32.1. The topological polar surface area (TPSA) is 97.4 Å². The van der Waals surface area contributed by atoms with E-state index in [2.05, 4.69) is 32.0 Å². The number of methoxy groups -OCH3 is 1. The van der Waals surface area contributed by atoms with Crippen LogP contribution in [0.5, 0.6) is 5.88 Å². The molecule has 0 aromatic carbocycles. The Labute approximate surface area is 180 Å². The van der Waals surface area contributed by atoms with E-state index in [9.17, 15) is 4.79 Å². The smallest absolute Gasteiger partial charge is 0.241 e. The summed E-state index contributed by atoms with van der Waals surface area (Å²) in [5.74, 6) is 0.464. The number of carbonyl (C=O) groups is 1. The predicted molar refractivity (Wildman–Crippen MR) is 119 cm³/mol. The lowest BCUT2D eigenvalue weighted by Gasteiger charge is -2.32. The van der Waals surface area contributed by atoms with E-state index in [1.807, 2.05) is 0 Å². The van der Waals surface area contributed by atoms with Crippen molar-refractivity contribution in [2.45, 2.75) is 25.7 Å². The number of pyridine rings is 1. The van der Waals surface area contributed by atoms with Crippen molar-refractivity contribution in [2.24, 2.45) is 5.41 Å². The molecule has 5 heterocycles. The molecule has 1 amide bonds. The molecule has 8 nitrogen and oxygen atoms in total. The summed E-state index contributed by atoms with van der Waals surface area (Å²) in [7, 11) is 1.56. The van der Waals surface area contributed by atoms with Crippen molar-refractivity contribution in [3.8, 4) is 5.88 Å². The van der Waals surface area contributed by atoms with Crippen LogP contribution < -0.4 is 20.7 Å².